The van der Waals surface area contributed by atoms with Crippen LogP contribution in [0.25, 0.3) is 0 Å². The molecule has 0 spiro atoms. The standard InChI is InChI=1S/C42H71O10P/c1-3-5-7-9-11-13-15-17-19-21-23-25-27-29-31-33-41(45)51-39(35-43)37-49-53(47,48)50-38-40(36-44)52-42(46)34-32-30-28-26-24-22-20-18-16-14-12-10-8-6-4-2/h5,7,11-14,17-20,23,25,39-40,43-44H,3-4,6,8-10,15-16,21-22,24,26-38H2,1-2H3,(H,47,48)/b7-5-,13-11-,14-12-,19-17-,20-18-,25-23-. The first-order valence-corrected chi connectivity index (χ1v) is 21.4. The number of hydrogen-bond donors (Lipinski definition) is 3. The summed E-state index contributed by atoms with van der Waals surface area (Å²) in [6, 6.07) is 0. The minimum absolute atomic E-state index is 0.135. The molecule has 0 aromatic rings. The molecule has 53 heavy (non-hydrogen) atoms. The molecular formula is C42H71O10P. The van der Waals surface area contributed by atoms with Crippen molar-refractivity contribution in [2.45, 2.75) is 154 Å². The second kappa shape index (κ2) is 37.7. The van der Waals surface area contributed by atoms with Crippen LogP contribution < -0.4 is 0 Å². The Labute approximate surface area is 320 Å². The first-order valence-electron chi connectivity index (χ1n) is 19.9. The lowest BCUT2D eigenvalue weighted by Crippen LogP contribution is -2.28. The number of phosphoric acid groups is 1. The first-order chi connectivity index (χ1) is 25.8. The van der Waals surface area contributed by atoms with Crippen molar-refractivity contribution in [3.63, 3.8) is 0 Å². The average Bonchev–Trinajstić information content (AvgIpc) is 3.14. The Balaban J connectivity index is 4.06. The molecule has 0 amide bonds. The summed E-state index contributed by atoms with van der Waals surface area (Å²) in [6.07, 6.45) is 41.6. The number of ether oxygens (including phenoxy) is 2. The fraction of sp³-hybridized carbons (Fsp3) is 0.667. The van der Waals surface area contributed by atoms with Gasteiger partial charge in [-0.2, -0.15) is 0 Å². The van der Waals surface area contributed by atoms with Gasteiger partial charge in [0.05, 0.1) is 26.4 Å². The Morgan fingerprint density at radius 1 is 0.528 bits per heavy atom. The molecule has 0 aliphatic carbocycles. The number of carbonyl (C=O) groups excluding carboxylic acids is 2. The van der Waals surface area contributed by atoms with Gasteiger partial charge in [0.1, 0.15) is 12.2 Å². The van der Waals surface area contributed by atoms with Gasteiger partial charge in [0.15, 0.2) is 0 Å². The molecule has 3 N–H and O–H groups in total. The fourth-order valence-corrected chi connectivity index (χ4v) is 5.62. The molecule has 3 unspecified atom stereocenters. The van der Waals surface area contributed by atoms with Crippen LogP contribution in [0.1, 0.15) is 142 Å². The maximum Gasteiger partial charge on any atom is 0.472 e. The monoisotopic (exact) mass is 766 g/mol. The van der Waals surface area contributed by atoms with Crippen molar-refractivity contribution in [3.05, 3.63) is 72.9 Å². The molecule has 0 aromatic heterocycles. The normalized spacial score (nSPS) is 14.7. The maximum absolute atomic E-state index is 12.3. The number of rotatable bonds is 36. The van der Waals surface area contributed by atoms with Crippen LogP contribution in [-0.2, 0) is 32.7 Å². The molecule has 0 radical (unpaired) electrons. The minimum atomic E-state index is -4.65. The van der Waals surface area contributed by atoms with E-state index in [0.29, 0.717) is 12.8 Å². The zero-order chi connectivity index (χ0) is 39.1. The number of hydrogen-bond acceptors (Lipinski definition) is 9. The van der Waals surface area contributed by atoms with E-state index in [0.717, 1.165) is 83.5 Å². The van der Waals surface area contributed by atoms with Crippen LogP contribution >= 0.6 is 7.82 Å². The first kappa shape index (κ1) is 50.4. The van der Waals surface area contributed by atoms with E-state index in [1.165, 1.54) is 19.3 Å². The second-order valence-electron chi connectivity index (χ2n) is 12.9. The van der Waals surface area contributed by atoms with Crippen molar-refractivity contribution in [1.29, 1.82) is 0 Å². The van der Waals surface area contributed by atoms with Crippen LogP contribution in [0.3, 0.4) is 0 Å². The number of allylic oxidation sites excluding steroid dienone is 12. The van der Waals surface area contributed by atoms with Gasteiger partial charge in [-0.25, -0.2) is 4.57 Å². The van der Waals surface area contributed by atoms with Gasteiger partial charge in [0.2, 0.25) is 0 Å². The van der Waals surface area contributed by atoms with Crippen LogP contribution in [0, 0.1) is 0 Å². The van der Waals surface area contributed by atoms with Crippen LogP contribution in [-0.4, -0.2) is 65.7 Å². The molecule has 0 saturated carbocycles. The van der Waals surface area contributed by atoms with E-state index in [-0.39, 0.29) is 12.8 Å². The van der Waals surface area contributed by atoms with Crippen molar-refractivity contribution < 1.29 is 47.8 Å². The third kappa shape index (κ3) is 36.2. The zero-order valence-corrected chi connectivity index (χ0v) is 33.6. The van der Waals surface area contributed by atoms with Gasteiger partial charge >= 0.3 is 19.8 Å². The summed E-state index contributed by atoms with van der Waals surface area (Å²) in [6.45, 7) is 1.97. The molecule has 0 bridgehead atoms. The van der Waals surface area contributed by atoms with Crippen LogP contribution in [0.2, 0.25) is 0 Å². The highest BCUT2D eigenvalue weighted by Gasteiger charge is 2.27. The quantitative estimate of drug-likeness (QED) is 0.0243. The van der Waals surface area contributed by atoms with Crippen LogP contribution in [0.15, 0.2) is 72.9 Å². The van der Waals surface area contributed by atoms with Gasteiger partial charge in [-0.1, -0.05) is 119 Å². The van der Waals surface area contributed by atoms with E-state index < -0.39 is 58.4 Å². The predicted molar refractivity (Wildman–Crippen MR) is 214 cm³/mol. The Kier molecular flexibility index (Phi) is 35.9. The number of carbonyl (C=O) groups is 2. The molecule has 0 fully saturated rings. The molecule has 0 aliphatic rings. The lowest BCUT2D eigenvalue weighted by molar-refractivity contribution is -0.153. The van der Waals surface area contributed by atoms with Gasteiger partial charge < -0.3 is 24.6 Å². The highest BCUT2D eigenvalue weighted by Crippen LogP contribution is 2.43. The molecule has 10 nitrogen and oxygen atoms in total. The lowest BCUT2D eigenvalue weighted by Gasteiger charge is -2.20. The molecule has 0 rings (SSSR count). The fourth-order valence-electron chi connectivity index (χ4n) is 4.84. The van der Waals surface area contributed by atoms with Gasteiger partial charge in [-0.05, 0) is 83.5 Å². The maximum atomic E-state index is 12.3. The highest BCUT2D eigenvalue weighted by atomic mass is 31.2. The topological polar surface area (TPSA) is 149 Å². The number of esters is 2. The Hall–Kier alpha value is -2.59. The van der Waals surface area contributed by atoms with Crippen LogP contribution in [0.5, 0.6) is 0 Å². The predicted octanol–water partition coefficient (Wildman–Crippen LogP) is 10.1. The van der Waals surface area contributed by atoms with Gasteiger partial charge in [0.25, 0.3) is 0 Å². The second-order valence-corrected chi connectivity index (χ2v) is 14.3. The summed E-state index contributed by atoms with van der Waals surface area (Å²) in [5.41, 5.74) is 0. The smallest absolute Gasteiger partial charge is 0.457 e. The summed E-state index contributed by atoms with van der Waals surface area (Å²) < 4.78 is 32.4. The highest BCUT2D eigenvalue weighted by molar-refractivity contribution is 7.47. The molecule has 304 valence electrons. The van der Waals surface area contributed by atoms with E-state index in [2.05, 4.69) is 86.8 Å². The molecule has 0 heterocycles. The molecule has 0 aliphatic heterocycles. The molecular weight excluding hydrogens is 695 g/mol. The van der Waals surface area contributed by atoms with Gasteiger partial charge in [-0.15, -0.1) is 0 Å². The summed E-state index contributed by atoms with van der Waals surface area (Å²) in [4.78, 5) is 34.4. The molecule has 11 heteroatoms. The number of aliphatic hydroxyl groups is 2. The summed E-state index contributed by atoms with van der Waals surface area (Å²) in [5, 5.41) is 19.1. The van der Waals surface area contributed by atoms with Crippen molar-refractivity contribution in [1.82, 2.24) is 0 Å². The third-order valence-electron chi connectivity index (χ3n) is 7.90. The van der Waals surface area contributed by atoms with E-state index >= 15 is 0 Å². The largest absolute Gasteiger partial charge is 0.472 e. The lowest BCUT2D eigenvalue weighted by atomic mass is 10.1. The number of aliphatic hydroxyl groups excluding tert-OH is 2. The van der Waals surface area contributed by atoms with E-state index in [4.69, 9.17) is 18.5 Å². The average molecular weight is 767 g/mol. The van der Waals surface area contributed by atoms with E-state index in [1.54, 1.807) is 0 Å². The number of unbranched alkanes of at least 4 members (excludes halogenated alkanes) is 10. The van der Waals surface area contributed by atoms with Gasteiger partial charge in [-0.3, -0.25) is 18.6 Å². The number of phosphoric ester groups is 1. The van der Waals surface area contributed by atoms with E-state index in [9.17, 15) is 29.3 Å². The van der Waals surface area contributed by atoms with E-state index in [1.807, 2.05) is 0 Å². The molecule has 0 saturated heterocycles. The van der Waals surface area contributed by atoms with Crippen molar-refractivity contribution in [2.75, 3.05) is 26.4 Å². The Morgan fingerprint density at radius 3 is 1.32 bits per heavy atom. The molecule has 3 atom stereocenters. The zero-order valence-electron chi connectivity index (χ0n) is 32.7. The molecule has 0 aromatic carbocycles. The Bertz CT molecular complexity index is 1110. The van der Waals surface area contributed by atoms with Crippen molar-refractivity contribution in [3.8, 4) is 0 Å². The third-order valence-corrected chi connectivity index (χ3v) is 8.85. The minimum Gasteiger partial charge on any atom is -0.457 e. The summed E-state index contributed by atoms with van der Waals surface area (Å²) in [7, 11) is -4.65. The van der Waals surface area contributed by atoms with Gasteiger partial charge in [0, 0.05) is 12.8 Å². The van der Waals surface area contributed by atoms with Crippen LogP contribution in [0.4, 0.5) is 0 Å². The Morgan fingerprint density at radius 2 is 0.887 bits per heavy atom. The summed E-state index contributed by atoms with van der Waals surface area (Å²) in [5.74, 6) is -1.08. The van der Waals surface area contributed by atoms with Crippen molar-refractivity contribution >= 4 is 19.8 Å². The SMILES string of the molecule is CC/C=C\C/C=C\C/C=C\C/C=C\CCCCC(=O)OC(CO)COP(=O)(O)OCC(CO)OC(=O)CCCCCCC/C=C\C/C=C\CCCCC. The van der Waals surface area contributed by atoms with Crippen molar-refractivity contribution in [2.24, 2.45) is 0 Å². The summed E-state index contributed by atoms with van der Waals surface area (Å²) >= 11 is 0.